The minimum Gasteiger partial charge on any atom is -0.489 e. The molecule has 1 aliphatic rings. The lowest BCUT2D eigenvalue weighted by Crippen LogP contribution is -2.26. The number of nitriles is 1. The molecule has 2 rings (SSSR count). The maximum atomic E-state index is 8.86. The third-order valence-electron chi connectivity index (χ3n) is 2.39. The molecule has 0 N–H and O–H groups in total. The molecule has 0 saturated heterocycles. The number of ether oxygens (including phenoxy) is 2. The van der Waals surface area contributed by atoms with Gasteiger partial charge in [0.25, 0.3) is 0 Å². The first-order valence-corrected chi connectivity index (χ1v) is 5.39. The van der Waals surface area contributed by atoms with E-state index < -0.39 is 0 Å². The van der Waals surface area contributed by atoms with Crippen molar-refractivity contribution in [2.24, 2.45) is 5.41 Å². The number of benzene rings is 1. The minimum atomic E-state index is -0.0434. The first-order valence-electron chi connectivity index (χ1n) is 5.01. The average Bonchev–Trinajstić information content (AvgIpc) is 2.38. The van der Waals surface area contributed by atoms with Crippen LogP contribution in [0.5, 0.6) is 11.5 Å². The molecule has 1 aliphatic heterocycles. The highest BCUT2D eigenvalue weighted by molar-refractivity contribution is 6.31. The van der Waals surface area contributed by atoms with Gasteiger partial charge in [-0.3, -0.25) is 0 Å². The van der Waals surface area contributed by atoms with E-state index in [0.717, 1.165) is 0 Å². The van der Waals surface area contributed by atoms with Gasteiger partial charge in [-0.25, -0.2) is 0 Å². The van der Waals surface area contributed by atoms with Crippen molar-refractivity contribution in [1.29, 1.82) is 5.26 Å². The van der Waals surface area contributed by atoms with E-state index in [-0.39, 0.29) is 5.41 Å². The fraction of sp³-hybridized carbons (Fsp3) is 0.417. The van der Waals surface area contributed by atoms with Gasteiger partial charge in [0.15, 0.2) is 11.5 Å². The zero-order valence-corrected chi connectivity index (χ0v) is 9.97. The molecule has 16 heavy (non-hydrogen) atoms. The Morgan fingerprint density at radius 2 is 1.81 bits per heavy atom. The number of fused-ring (bicyclic) bond motifs is 1. The molecule has 0 fully saturated rings. The monoisotopic (exact) mass is 237 g/mol. The van der Waals surface area contributed by atoms with E-state index in [9.17, 15) is 0 Å². The number of hydrogen-bond acceptors (Lipinski definition) is 3. The minimum absolute atomic E-state index is 0.0434. The molecule has 0 unspecified atom stereocenters. The van der Waals surface area contributed by atoms with Crippen molar-refractivity contribution in [2.75, 3.05) is 13.2 Å². The van der Waals surface area contributed by atoms with Crippen LogP contribution >= 0.6 is 11.6 Å². The quantitative estimate of drug-likeness (QED) is 0.697. The molecule has 0 aromatic heterocycles. The molecule has 0 spiro atoms. The van der Waals surface area contributed by atoms with Gasteiger partial charge in [-0.1, -0.05) is 25.4 Å². The van der Waals surface area contributed by atoms with Crippen LogP contribution in [0.15, 0.2) is 12.1 Å². The zero-order valence-electron chi connectivity index (χ0n) is 9.21. The second-order valence-electron chi connectivity index (χ2n) is 4.63. The molecule has 0 amide bonds. The van der Waals surface area contributed by atoms with Crippen molar-refractivity contribution in [1.82, 2.24) is 0 Å². The highest BCUT2D eigenvalue weighted by Crippen LogP contribution is 2.37. The maximum Gasteiger partial charge on any atom is 0.162 e. The predicted octanol–water partition coefficient (Wildman–Crippen LogP) is 3.01. The van der Waals surface area contributed by atoms with Crippen LogP contribution in [0.4, 0.5) is 0 Å². The van der Waals surface area contributed by atoms with Gasteiger partial charge in [0, 0.05) is 17.5 Å². The molecular formula is C12H12ClNO2. The van der Waals surface area contributed by atoms with Crippen molar-refractivity contribution < 1.29 is 9.47 Å². The molecule has 0 aliphatic carbocycles. The van der Waals surface area contributed by atoms with E-state index in [4.69, 9.17) is 26.3 Å². The van der Waals surface area contributed by atoms with Crippen molar-refractivity contribution in [3.05, 3.63) is 22.7 Å². The second-order valence-corrected chi connectivity index (χ2v) is 5.04. The van der Waals surface area contributed by atoms with Gasteiger partial charge in [-0.15, -0.1) is 0 Å². The van der Waals surface area contributed by atoms with E-state index in [1.807, 2.05) is 6.07 Å². The summed E-state index contributed by atoms with van der Waals surface area (Å²) >= 11 is 5.93. The van der Waals surface area contributed by atoms with E-state index in [1.54, 1.807) is 12.1 Å². The molecule has 1 aromatic carbocycles. The first kappa shape index (κ1) is 11.1. The number of nitrogens with zero attached hydrogens (tertiary/aromatic N) is 1. The third kappa shape index (κ3) is 2.07. The van der Waals surface area contributed by atoms with Gasteiger partial charge in [0.05, 0.1) is 23.8 Å². The summed E-state index contributed by atoms with van der Waals surface area (Å²) in [5.41, 5.74) is 0.363. The number of halogens is 1. The van der Waals surface area contributed by atoms with Crippen molar-refractivity contribution in [3.8, 4) is 17.6 Å². The third-order valence-corrected chi connectivity index (χ3v) is 2.70. The molecule has 0 radical (unpaired) electrons. The van der Waals surface area contributed by atoms with E-state index in [1.165, 1.54) is 0 Å². The summed E-state index contributed by atoms with van der Waals surface area (Å²) in [5, 5.41) is 9.26. The van der Waals surface area contributed by atoms with Gasteiger partial charge in [0.2, 0.25) is 0 Å². The summed E-state index contributed by atoms with van der Waals surface area (Å²) in [4.78, 5) is 0. The zero-order chi connectivity index (χ0) is 11.8. The highest BCUT2D eigenvalue weighted by Gasteiger charge is 2.25. The number of rotatable bonds is 0. The Morgan fingerprint density at radius 1 is 1.25 bits per heavy atom. The normalized spacial score (nSPS) is 17.4. The first-order chi connectivity index (χ1) is 7.52. The van der Waals surface area contributed by atoms with Crippen LogP contribution in [0.2, 0.25) is 5.02 Å². The molecule has 0 bridgehead atoms. The Balaban J connectivity index is 2.40. The second kappa shape index (κ2) is 3.88. The Labute approximate surface area is 99.5 Å². The lowest BCUT2D eigenvalue weighted by molar-refractivity contribution is 0.140. The van der Waals surface area contributed by atoms with Crippen LogP contribution in [0.3, 0.4) is 0 Å². The van der Waals surface area contributed by atoms with Crippen LogP contribution in [0.1, 0.15) is 19.4 Å². The fourth-order valence-electron chi connectivity index (χ4n) is 1.43. The largest absolute Gasteiger partial charge is 0.489 e. The molecule has 1 heterocycles. The topological polar surface area (TPSA) is 42.2 Å². The lowest BCUT2D eigenvalue weighted by Gasteiger charge is -2.19. The molecule has 0 saturated carbocycles. The van der Waals surface area contributed by atoms with Crippen molar-refractivity contribution >= 4 is 11.6 Å². The maximum absolute atomic E-state index is 8.86. The van der Waals surface area contributed by atoms with Gasteiger partial charge >= 0.3 is 0 Å². The molecular weight excluding hydrogens is 226 g/mol. The van der Waals surface area contributed by atoms with Gasteiger partial charge in [0.1, 0.15) is 6.07 Å². The van der Waals surface area contributed by atoms with Crippen LogP contribution in [0.25, 0.3) is 0 Å². The van der Waals surface area contributed by atoms with Crippen LogP contribution in [-0.4, -0.2) is 13.2 Å². The summed E-state index contributed by atoms with van der Waals surface area (Å²) in [5.74, 6) is 1.20. The molecule has 4 heteroatoms. The summed E-state index contributed by atoms with van der Waals surface area (Å²) in [7, 11) is 0. The van der Waals surface area contributed by atoms with Crippen LogP contribution < -0.4 is 9.47 Å². The Hall–Kier alpha value is -1.40. The lowest BCUT2D eigenvalue weighted by atomic mass is 9.97. The van der Waals surface area contributed by atoms with Crippen LogP contribution in [0, 0.1) is 16.7 Å². The summed E-state index contributed by atoms with van der Waals surface area (Å²) < 4.78 is 11.3. The summed E-state index contributed by atoms with van der Waals surface area (Å²) in [6, 6.07) is 5.28. The standard InChI is InChI=1S/C12H12ClNO2/c1-12(2)6-15-10-3-8(5-14)9(13)4-11(10)16-7-12/h3-4H,6-7H2,1-2H3. The smallest absolute Gasteiger partial charge is 0.162 e. The SMILES string of the molecule is CC1(C)COc2cc(Cl)c(C#N)cc2OC1. The Morgan fingerprint density at radius 3 is 2.38 bits per heavy atom. The fourth-order valence-corrected chi connectivity index (χ4v) is 1.63. The van der Waals surface area contributed by atoms with Gasteiger partial charge < -0.3 is 9.47 Å². The van der Waals surface area contributed by atoms with E-state index in [2.05, 4.69) is 13.8 Å². The van der Waals surface area contributed by atoms with Gasteiger partial charge in [-0.05, 0) is 0 Å². The summed E-state index contributed by atoms with van der Waals surface area (Å²) in [6.07, 6.45) is 0. The molecule has 1 aromatic rings. The number of hydrogen-bond donors (Lipinski definition) is 0. The van der Waals surface area contributed by atoms with Crippen molar-refractivity contribution in [3.63, 3.8) is 0 Å². The van der Waals surface area contributed by atoms with Crippen LogP contribution in [-0.2, 0) is 0 Å². The van der Waals surface area contributed by atoms with E-state index >= 15 is 0 Å². The predicted molar refractivity (Wildman–Crippen MR) is 60.9 cm³/mol. The molecule has 3 nitrogen and oxygen atoms in total. The molecule has 84 valence electrons. The van der Waals surface area contributed by atoms with E-state index in [0.29, 0.717) is 35.3 Å². The summed E-state index contributed by atoms with van der Waals surface area (Å²) in [6.45, 7) is 5.26. The van der Waals surface area contributed by atoms with Crippen molar-refractivity contribution in [2.45, 2.75) is 13.8 Å². The Bertz CT molecular complexity index is 463. The highest BCUT2D eigenvalue weighted by atomic mass is 35.5. The Kier molecular flexibility index (Phi) is 2.69. The molecule has 0 atom stereocenters. The van der Waals surface area contributed by atoms with Gasteiger partial charge in [-0.2, -0.15) is 5.26 Å². The average molecular weight is 238 g/mol.